The molecule has 7 heteroatoms. The first-order valence-corrected chi connectivity index (χ1v) is 6.40. The molecule has 0 heterocycles. The van der Waals surface area contributed by atoms with Crippen molar-refractivity contribution in [2.75, 3.05) is 18.9 Å². The summed E-state index contributed by atoms with van der Waals surface area (Å²) < 4.78 is 26.1. The first kappa shape index (κ1) is 12.4. The molecule has 0 radical (unpaired) electrons. The van der Waals surface area contributed by atoms with Crippen molar-refractivity contribution in [3.8, 4) is 0 Å². The lowest BCUT2D eigenvalue weighted by Crippen LogP contribution is -2.27. The van der Waals surface area contributed by atoms with Crippen LogP contribution in [-0.4, -0.2) is 26.7 Å². The molecule has 0 aliphatic heterocycles. The zero-order valence-corrected chi connectivity index (χ0v) is 10.2. The van der Waals surface area contributed by atoms with Crippen molar-refractivity contribution in [3.63, 3.8) is 0 Å². The van der Waals surface area contributed by atoms with Gasteiger partial charge >= 0.3 is 0 Å². The van der Waals surface area contributed by atoms with Gasteiger partial charge in [0.2, 0.25) is 10.0 Å². The lowest BCUT2D eigenvalue weighted by Gasteiger charge is -2.08. The van der Waals surface area contributed by atoms with Gasteiger partial charge in [-0.15, -0.1) is 0 Å². The van der Waals surface area contributed by atoms with E-state index in [1.807, 2.05) is 0 Å². The third kappa shape index (κ3) is 3.16. The minimum atomic E-state index is -3.64. The predicted octanol–water partition coefficient (Wildman–Crippen LogP) is 0.302. The number of benzene rings is 1. The first-order chi connectivity index (χ1) is 6.97. The monoisotopic (exact) mass is 294 g/mol. The average molecular weight is 295 g/mol. The zero-order chi connectivity index (χ0) is 11.5. The van der Waals surface area contributed by atoms with Gasteiger partial charge in [0, 0.05) is 11.0 Å². The Morgan fingerprint density at radius 3 is 2.73 bits per heavy atom. The van der Waals surface area contributed by atoms with Crippen LogP contribution in [-0.2, 0) is 10.0 Å². The summed E-state index contributed by atoms with van der Waals surface area (Å²) in [4.78, 5) is 0.00493. The molecule has 1 aromatic rings. The zero-order valence-electron chi connectivity index (χ0n) is 7.77. The molecule has 0 bridgehead atoms. The molecule has 0 aliphatic carbocycles. The number of hydrogen-bond acceptors (Lipinski definition) is 4. The van der Waals surface area contributed by atoms with E-state index in [2.05, 4.69) is 20.7 Å². The van der Waals surface area contributed by atoms with Gasteiger partial charge in [0.1, 0.15) is 4.90 Å². The molecule has 0 aromatic heterocycles. The van der Waals surface area contributed by atoms with Crippen LogP contribution < -0.4 is 10.5 Å². The SMILES string of the molecule is Nc1ccc(Br)cc1S(=O)(=O)NCCO. The van der Waals surface area contributed by atoms with Gasteiger partial charge in [0.25, 0.3) is 0 Å². The molecule has 0 amide bonds. The average Bonchev–Trinajstić information content (AvgIpc) is 2.18. The van der Waals surface area contributed by atoms with Crippen LogP contribution >= 0.6 is 15.9 Å². The number of aliphatic hydroxyl groups is 1. The molecule has 0 unspecified atom stereocenters. The number of sulfonamides is 1. The van der Waals surface area contributed by atoms with Crippen molar-refractivity contribution in [3.05, 3.63) is 22.7 Å². The number of nitrogens with one attached hydrogen (secondary N) is 1. The van der Waals surface area contributed by atoms with E-state index in [1.54, 1.807) is 6.07 Å². The Balaban J connectivity index is 3.09. The van der Waals surface area contributed by atoms with E-state index < -0.39 is 10.0 Å². The van der Waals surface area contributed by atoms with E-state index in [4.69, 9.17) is 10.8 Å². The molecule has 1 aromatic carbocycles. The molecule has 0 spiro atoms. The summed E-state index contributed by atoms with van der Waals surface area (Å²) >= 11 is 3.16. The quantitative estimate of drug-likeness (QED) is 0.697. The molecule has 5 nitrogen and oxygen atoms in total. The van der Waals surface area contributed by atoms with Crippen LogP contribution in [0, 0.1) is 0 Å². The van der Waals surface area contributed by atoms with E-state index in [-0.39, 0.29) is 23.7 Å². The number of nitrogen functional groups attached to an aromatic ring is 1. The number of aliphatic hydroxyl groups excluding tert-OH is 1. The molecule has 0 saturated carbocycles. The summed E-state index contributed by atoms with van der Waals surface area (Å²) in [7, 11) is -3.64. The van der Waals surface area contributed by atoms with Gasteiger partial charge in [0.05, 0.1) is 12.3 Å². The summed E-state index contributed by atoms with van der Waals surface area (Å²) in [5.41, 5.74) is 5.71. The second-order valence-corrected chi connectivity index (χ2v) is 5.45. The normalized spacial score (nSPS) is 11.6. The molecule has 0 atom stereocenters. The van der Waals surface area contributed by atoms with Crippen LogP contribution in [0.1, 0.15) is 0 Å². The fourth-order valence-corrected chi connectivity index (χ4v) is 2.69. The molecule has 0 aliphatic rings. The fourth-order valence-electron chi connectivity index (χ4n) is 0.999. The summed E-state index contributed by atoms with van der Waals surface area (Å²) in [6.07, 6.45) is 0. The van der Waals surface area contributed by atoms with E-state index in [1.165, 1.54) is 12.1 Å². The Labute approximate surface area is 96.5 Å². The van der Waals surface area contributed by atoms with Crippen LogP contribution in [0.2, 0.25) is 0 Å². The Morgan fingerprint density at radius 2 is 2.13 bits per heavy atom. The Morgan fingerprint density at radius 1 is 1.47 bits per heavy atom. The number of rotatable bonds is 4. The van der Waals surface area contributed by atoms with Gasteiger partial charge in [-0.2, -0.15) is 0 Å². The van der Waals surface area contributed by atoms with Crippen molar-refractivity contribution in [1.82, 2.24) is 4.72 Å². The summed E-state index contributed by atoms with van der Waals surface area (Å²) in [5, 5.41) is 8.53. The van der Waals surface area contributed by atoms with Crippen molar-refractivity contribution in [2.24, 2.45) is 0 Å². The van der Waals surface area contributed by atoms with Crippen LogP contribution in [0.15, 0.2) is 27.6 Å². The largest absolute Gasteiger partial charge is 0.398 e. The standard InChI is InChI=1S/C8H11BrN2O3S/c9-6-1-2-7(10)8(5-6)15(13,14)11-3-4-12/h1-2,5,11-12H,3-4,10H2. The first-order valence-electron chi connectivity index (χ1n) is 4.13. The maximum atomic E-state index is 11.6. The van der Waals surface area contributed by atoms with Crippen molar-refractivity contribution < 1.29 is 13.5 Å². The van der Waals surface area contributed by atoms with Gasteiger partial charge in [-0.3, -0.25) is 0 Å². The topological polar surface area (TPSA) is 92.4 Å². The van der Waals surface area contributed by atoms with Gasteiger partial charge < -0.3 is 10.8 Å². The van der Waals surface area contributed by atoms with Crippen molar-refractivity contribution in [1.29, 1.82) is 0 Å². The second-order valence-electron chi connectivity index (χ2n) is 2.80. The molecular formula is C8H11BrN2O3S. The van der Waals surface area contributed by atoms with Crippen LogP contribution in [0.3, 0.4) is 0 Å². The summed E-state index contributed by atoms with van der Waals surface area (Å²) in [6, 6.07) is 4.56. The molecule has 84 valence electrons. The molecule has 0 fully saturated rings. The fraction of sp³-hybridized carbons (Fsp3) is 0.250. The van der Waals surface area contributed by atoms with E-state index in [0.717, 1.165) is 0 Å². The summed E-state index contributed by atoms with van der Waals surface area (Å²) in [5.74, 6) is 0. The predicted molar refractivity (Wildman–Crippen MR) is 60.8 cm³/mol. The maximum Gasteiger partial charge on any atom is 0.242 e. The van der Waals surface area contributed by atoms with Gasteiger partial charge in [-0.25, -0.2) is 13.1 Å². The molecule has 4 N–H and O–H groups in total. The van der Waals surface area contributed by atoms with Crippen LogP contribution in [0.4, 0.5) is 5.69 Å². The molecule has 0 saturated heterocycles. The smallest absolute Gasteiger partial charge is 0.242 e. The third-order valence-electron chi connectivity index (χ3n) is 1.67. The van der Waals surface area contributed by atoms with Gasteiger partial charge in [-0.05, 0) is 18.2 Å². The highest BCUT2D eigenvalue weighted by molar-refractivity contribution is 9.10. The number of halogens is 1. The number of hydrogen-bond donors (Lipinski definition) is 3. The van der Waals surface area contributed by atoms with Crippen LogP contribution in [0.5, 0.6) is 0 Å². The third-order valence-corrected chi connectivity index (χ3v) is 3.68. The highest BCUT2D eigenvalue weighted by Crippen LogP contribution is 2.22. The molecular weight excluding hydrogens is 284 g/mol. The van der Waals surface area contributed by atoms with Gasteiger partial charge in [-0.1, -0.05) is 15.9 Å². The van der Waals surface area contributed by atoms with Crippen LogP contribution in [0.25, 0.3) is 0 Å². The number of anilines is 1. The lowest BCUT2D eigenvalue weighted by atomic mass is 10.3. The van der Waals surface area contributed by atoms with Gasteiger partial charge in [0.15, 0.2) is 0 Å². The highest BCUT2D eigenvalue weighted by Gasteiger charge is 2.16. The minimum absolute atomic E-state index is 0.00493. The van der Waals surface area contributed by atoms with E-state index >= 15 is 0 Å². The van der Waals surface area contributed by atoms with E-state index in [9.17, 15) is 8.42 Å². The Kier molecular flexibility index (Phi) is 4.09. The number of nitrogens with two attached hydrogens (primary N) is 1. The summed E-state index contributed by atoms with van der Waals surface area (Å²) in [6.45, 7) is -0.290. The maximum absolute atomic E-state index is 11.6. The van der Waals surface area contributed by atoms with E-state index in [0.29, 0.717) is 4.47 Å². The molecule has 1 rings (SSSR count). The highest BCUT2D eigenvalue weighted by atomic mass is 79.9. The molecule has 15 heavy (non-hydrogen) atoms. The second kappa shape index (κ2) is 4.93. The Hall–Kier alpha value is -0.630. The Bertz CT molecular complexity index is 447. The minimum Gasteiger partial charge on any atom is -0.398 e. The lowest BCUT2D eigenvalue weighted by molar-refractivity contribution is 0.301. The van der Waals surface area contributed by atoms with Crippen molar-refractivity contribution in [2.45, 2.75) is 4.90 Å². The van der Waals surface area contributed by atoms with Crippen molar-refractivity contribution >= 4 is 31.6 Å².